The van der Waals surface area contributed by atoms with Crippen LogP contribution in [0.2, 0.25) is 5.02 Å². The number of aromatic amines is 1. The van der Waals surface area contributed by atoms with Gasteiger partial charge in [-0.25, -0.2) is 8.42 Å². The number of fused-ring (bicyclic) bond motifs is 1. The summed E-state index contributed by atoms with van der Waals surface area (Å²) in [5, 5.41) is 4.09. The third kappa shape index (κ3) is 6.49. The summed E-state index contributed by atoms with van der Waals surface area (Å²) in [5.41, 5.74) is 3.83. The van der Waals surface area contributed by atoms with E-state index in [1.807, 2.05) is 55.0 Å². The molecule has 2 aromatic carbocycles. The average Bonchev–Trinajstić information content (AvgIpc) is 3.11. The number of aromatic nitrogens is 1. The van der Waals surface area contributed by atoms with Crippen LogP contribution in [0, 0.1) is 13.8 Å². The van der Waals surface area contributed by atoms with Gasteiger partial charge in [0.25, 0.3) is 11.8 Å². The van der Waals surface area contributed by atoms with Crippen molar-refractivity contribution in [3.63, 3.8) is 0 Å². The van der Waals surface area contributed by atoms with Crippen molar-refractivity contribution in [2.24, 2.45) is 0 Å². The zero-order valence-electron chi connectivity index (χ0n) is 18.6. The Morgan fingerprint density at radius 2 is 1.79 bits per heavy atom. The molecule has 0 unspecified atom stereocenters. The number of sulfonamides is 1. The average molecular weight is 492 g/mol. The Balaban J connectivity index is 1.68. The van der Waals surface area contributed by atoms with E-state index < -0.39 is 28.4 Å². The highest BCUT2D eigenvalue weighted by atomic mass is 35.5. The second-order valence-electron chi connectivity index (χ2n) is 7.83. The van der Waals surface area contributed by atoms with Gasteiger partial charge in [-0.05, 0) is 61.6 Å². The van der Waals surface area contributed by atoms with Gasteiger partial charge in [0.2, 0.25) is 10.0 Å². The monoisotopic (exact) mass is 491 g/mol. The fraction of sp³-hybridized carbons (Fsp3) is 0.304. The second kappa shape index (κ2) is 10.3. The summed E-state index contributed by atoms with van der Waals surface area (Å²) in [7, 11) is -3.69. The maximum Gasteiger partial charge on any atom is 0.268 e. The molecule has 0 aliphatic carbocycles. The summed E-state index contributed by atoms with van der Waals surface area (Å²) < 4.78 is 30.0. The van der Waals surface area contributed by atoms with Crippen molar-refractivity contribution in [3.8, 4) is 5.75 Å². The first kappa shape index (κ1) is 24.6. The highest BCUT2D eigenvalue weighted by Gasteiger charge is 2.19. The number of carbonyl (C=O) groups excluding carboxylic acids is 2. The number of rotatable bonds is 9. The quantitative estimate of drug-likeness (QED) is 0.397. The smallest absolute Gasteiger partial charge is 0.268 e. The van der Waals surface area contributed by atoms with E-state index in [0.29, 0.717) is 25.1 Å². The molecule has 0 saturated heterocycles. The van der Waals surface area contributed by atoms with Crippen molar-refractivity contribution >= 4 is 44.3 Å². The van der Waals surface area contributed by atoms with Gasteiger partial charge >= 0.3 is 0 Å². The number of benzene rings is 2. The van der Waals surface area contributed by atoms with Gasteiger partial charge in [0, 0.05) is 15.9 Å². The number of aryl methyl sites for hydroxylation is 3. The Morgan fingerprint density at radius 3 is 2.45 bits per heavy atom. The van der Waals surface area contributed by atoms with Gasteiger partial charge in [-0.3, -0.25) is 14.3 Å². The van der Waals surface area contributed by atoms with Gasteiger partial charge in [0.15, 0.2) is 0 Å². The van der Waals surface area contributed by atoms with E-state index in [9.17, 15) is 18.0 Å². The maximum absolute atomic E-state index is 12.8. The zero-order chi connectivity index (χ0) is 24.2. The molecule has 3 aromatic rings. The lowest BCUT2D eigenvalue weighted by Crippen LogP contribution is -2.39. The lowest BCUT2D eigenvalue weighted by atomic mass is 10.1. The Kier molecular flexibility index (Phi) is 7.65. The SMILES string of the molecule is Cc1cc(OCCCc2c(C(=O)NCC(=O)NS(C)(=O)=O)[nH]c3ccccc23)cc(C)c1Cl. The molecule has 0 saturated carbocycles. The number of halogens is 1. The first-order valence-corrected chi connectivity index (χ1v) is 12.6. The molecule has 0 spiro atoms. The van der Waals surface area contributed by atoms with E-state index in [4.69, 9.17) is 16.3 Å². The van der Waals surface area contributed by atoms with Crippen LogP contribution in [0.5, 0.6) is 5.75 Å². The van der Waals surface area contributed by atoms with Crippen molar-refractivity contribution in [1.29, 1.82) is 0 Å². The topological polar surface area (TPSA) is 117 Å². The molecule has 33 heavy (non-hydrogen) atoms. The molecule has 3 N–H and O–H groups in total. The standard InChI is InChI=1S/C23H26ClN3O5S/c1-14-11-16(12-15(2)21(14)24)32-10-6-8-18-17-7-4-5-9-19(17)26-22(18)23(29)25-13-20(28)27-33(3,30)31/h4-5,7,9,11-12,26H,6,8,10,13H2,1-3H3,(H,25,29)(H,27,28). The van der Waals surface area contributed by atoms with Crippen LogP contribution in [-0.2, 0) is 21.2 Å². The van der Waals surface area contributed by atoms with Crippen LogP contribution in [0.1, 0.15) is 33.6 Å². The molecule has 0 bridgehead atoms. The number of H-pyrrole nitrogens is 1. The van der Waals surface area contributed by atoms with Crippen LogP contribution in [-0.4, -0.2) is 44.6 Å². The first-order chi connectivity index (χ1) is 15.5. The number of hydrogen-bond donors (Lipinski definition) is 3. The molecule has 0 atom stereocenters. The van der Waals surface area contributed by atoms with Crippen molar-refractivity contribution in [3.05, 3.63) is 63.8 Å². The van der Waals surface area contributed by atoms with E-state index in [0.717, 1.165) is 44.6 Å². The first-order valence-electron chi connectivity index (χ1n) is 10.3. The summed E-state index contributed by atoms with van der Waals surface area (Å²) in [6.45, 7) is 3.83. The van der Waals surface area contributed by atoms with Crippen LogP contribution >= 0.6 is 11.6 Å². The lowest BCUT2D eigenvalue weighted by molar-refractivity contribution is -0.118. The predicted molar refractivity (Wildman–Crippen MR) is 128 cm³/mol. The largest absolute Gasteiger partial charge is 0.494 e. The fourth-order valence-electron chi connectivity index (χ4n) is 3.57. The molecule has 8 nitrogen and oxygen atoms in total. The summed E-state index contributed by atoms with van der Waals surface area (Å²) in [6, 6.07) is 11.3. The van der Waals surface area contributed by atoms with Crippen molar-refractivity contribution in [2.75, 3.05) is 19.4 Å². The molecule has 2 amide bonds. The van der Waals surface area contributed by atoms with Crippen LogP contribution in [0.15, 0.2) is 36.4 Å². The van der Waals surface area contributed by atoms with E-state index in [-0.39, 0.29) is 0 Å². The second-order valence-corrected chi connectivity index (χ2v) is 9.95. The predicted octanol–water partition coefficient (Wildman–Crippen LogP) is 3.26. The van der Waals surface area contributed by atoms with Gasteiger partial charge in [-0.15, -0.1) is 0 Å². The third-order valence-corrected chi connectivity index (χ3v) is 6.19. The molecule has 0 aliphatic rings. The molecular formula is C23H26ClN3O5S. The van der Waals surface area contributed by atoms with Crippen LogP contribution in [0.4, 0.5) is 0 Å². The van der Waals surface area contributed by atoms with Crippen molar-refractivity contribution in [2.45, 2.75) is 26.7 Å². The zero-order valence-corrected chi connectivity index (χ0v) is 20.2. The highest BCUT2D eigenvalue weighted by Crippen LogP contribution is 2.27. The van der Waals surface area contributed by atoms with Gasteiger partial charge < -0.3 is 15.0 Å². The maximum atomic E-state index is 12.8. The summed E-state index contributed by atoms with van der Waals surface area (Å²) in [4.78, 5) is 27.6. The molecular weight excluding hydrogens is 466 g/mol. The summed E-state index contributed by atoms with van der Waals surface area (Å²) >= 11 is 6.21. The van der Waals surface area contributed by atoms with Gasteiger partial charge in [-0.1, -0.05) is 29.8 Å². The number of amides is 2. The molecule has 176 valence electrons. The van der Waals surface area contributed by atoms with Crippen LogP contribution < -0.4 is 14.8 Å². The van der Waals surface area contributed by atoms with Gasteiger partial charge in [0.05, 0.1) is 19.4 Å². The van der Waals surface area contributed by atoms with E-state index in [2.05, 4.69) is 10.3 Å². The van der Waals surface area contributed by atoms with Crippen LogP contribution in [0.3, 0.4) is 0 Å². The normalized spacial score (nSPS) is 11.4. The van der Waals surface area contributed by atoms with Crippen LogP contribution in [0.25, 0.3) is 10.9 Å². The number of nitrogens with one attached hydrogen (secondary N) is 3. The fourth-order valence-corrected chi connectivity index (χ4v) is 4.17. The number of carbonyl (C=O) groups is 2. The molecule has 3 rings (SSSR count). The molecule has 0 radical (unpaired) electrons. The summed E-state index contributed by atoms with van der Waals surface area (Å²) in [5.74, 6) is -0.566. The molecule has 10 heteroatoms. The Hall–Kier alpha value is -3.04. The minimum atomic E-state index is -3.69. The van der Waals surface area contributed by atoms with E-state index in [1.54, 1.807) is 0 Å². The van der Waals surface area contributed by atoms with E-state index >= 15 is 0 Å². The number of ether oxygens (including phenoxy) is 1. The number of para-hydroxylation sites is 1. The summed E-state index contributed by atoms with van der Waals surface area (Å²) in [6.07, 6.45) is 2.09. The minimum Gasteiger partial charge on any atom is -0.494 e. The highest BCUT2D eigenvalue weighted by molar-refractivity contribution is 7.89. The van der Waals surface area contributed by atoms with E-state index in [1.165, 1.54) is 0 Å². The Labute approximate surface area is 197 Å². The number of hydrogen-bond acceptors (Lipinski definition) is 5. The minimum absolute atomic E-state index is 0.335. The molecule has 0 aliphatic heterocycles. The molecule has 0 fully saturated rings. The Bertz CT molecular complexity index is 1280. The van der Waals surface area contributed by atoms with Gasteiger partial charge in [0.1, 0.15) is 11.4 Å². The third-order valence-electron chi connectivity index (χ3n) is 5.00. The Morgan fingerprint density at radius 1 is 1.12 bits per heavy atom. The molecule has 1 aromatic heterocycles. The lowest BCUT2D eigenvalue weighted by Gasteiger charge is -2.10. The van der Waals surface area contributed by atoms with Crippen molar-refractivity contribution < 1.29 is 22.7 Å². The van der Waals surface area contributed by atoms with Gasteiger partial charge in [-0.2, -0.15) is 0 Å². The molecule has 1 heterocycles. The van der Waals surface area contributed by atoms with Crippen molar-refractivity contribution in [1.82, 2.24) is 15.0 Å².